The number of quaternary nitrogens is 1. The number of hydrogen-bond donors (Lipinski definition) is 3. The summed E-state index contributed by atoms with van der Waals surface area (Å²) in [4.78, 5) is 15.2. The zero-order valence-corrected chi connectivity index (χ0v) is 49.5. The van der Waals surface area contributed by atoms with Crippen molar-refractivity contribution >= 4 is 5.97 Å². The van der Waals surface area contributed by atoms with Crippen LogP contribution in [-0.2, 0) is 4.79 Å². The smallest absolute Gasteiger partial charge is 0.379 e. The molecule has 0 heterocycles. The first-order chi connectivity index (χ1) is 34.7. The van der Waals surface area contributed by atoms with Gasteiger partial charge in [0.1, 0.15) is 0 Å². The third-order valence-electron chi connectivity index (χ3n) is 16.3. The molecule has 3 atom stereocenters. The van der Waals surface area contributed by atoms with Gasteiger partial charge >= 0.3 is 5.97 Å². The largest absolute Gasteiger partial charge is 0.476 e. The SMILES string of the molecule is CCCCCCCCCCCCCCCCCCCCCCCCCCCC(CCO)N(C(CCO)CCCCCCCCCCCCCCCCCCCCCCCCCCC)C(C(=O)O)[N+](C)(C)C. The first-order valence-electron chi connectivity index (χ1n) is 32.8. The van der Waals surface area contributed by atoms with Crippen molar-refractivity contribution in [1.82, 2.24) is 4.90 Å². The third-order valence-corrected chi connectivity index (χ3v) is 16.3. The number of nitrogens with zero attached hydrogens (tertiary/aromatic N) is 2. The molecule has 0 aromatic carbocycles. The summed E-state index contributed by atoms with van der Waals surface area (Å²) in [5, 5.41) is 31.2. The van der Waals surface area contributed by atoms with E-state index in [2.05, 4.69) is 18.7 Å². The van der Waals surface area contributed by atoms with Crippen molar-refractivity contribution < 1.29 is 24.6 Å². The highest BCUT2D eigenvalue weighted by molar-refractivity contribution is 5.71. The predicted molar refractivity (Wildman–Crippen MR) is 314 cm³/mol. The topological polar surface area (TPSA) is 81.0 Å². The molecule has 6 heteroatoms. The van der Waals surface area contributed by atoms with E-state index in [9.17, 15) is 20.1 Å². The Morgan fingerprint density at radius 3 is 0.620 bits per heavy atom. The summed E-state index contributed by atoms with van der Waals surface area (Å²) in [5.74, 6) is -0.798. The molecule has 0 aromatic heterocycles. The number of hydrogen-bond acceptors (Lipinski definition) is 4. The van der Waals surface area contributed by atoms with Crippen molar-refractivity contribution in [1.29, 1.82) is 0 Å². The third kappa shape index (κ3) is 47.5. The lowest BCUT2D eigenvalue weighted by Gasteiger charge is -2.46. The molecule has 0 aliphatic heterocycles. The van der Waals surface area contributed by atoms with Crippen LogP contribution in [0.2, 0.25) is 0 Å². The van der Waals surface area contributed by atoms with Crippen LogP contribution in [0.1, 0.15) is 361 Å². The molecule has 0 aliphatic rings. The van der Waals surface area contributed by atoms with Crippen molar-refractivity contribution in [2.75, 3.05) is 34.4 Å². The Kier molecular flexibility index (Phi) is 55.0. The van der Waals surface area contributed by atoms with Crippen LogP contribution in [0, 0.1) is 0 Å². The number of carbonyl (C=O) groups is 1. The van der Waals surface area contributed by atoms with Gasteiger partial charge in [-0.3, -0.25) is 0 Å². The molecule has 0 bridgehead atoms. The molecule has 0 saturated heterocycles. The Morgan fingerprint density at radius 2 is 0.479 bits per heavy atom. The fraction of sp³-hybridized carbons (Fsp3) is 0.985. The van der Waals surface area contributed by atoms with E-state index in [1.54, 1.807) is 0 Å². The van der Waals surface area contributed by atoms with Gasteiger partial charge in [0.15, 0.2) is 0 Å². The van der Waals surface area contributed by atoms with Crippen LogP contribution in [0.4, 0.5) is 0 Å². The van der Waals surface area contributed by atoms with Gasteiger partial charge < -0.3 is 19.8 Å². The average Bonchev–Trinajstić information content (AvgIpc) is 3.34. The summed E-state index contributed by atoms with van der Waals surface area (Å²) >= 11 is 0. The van der Waals surface area contributed by atoms with Crippen LogP contribution in [0.15, 0.2) is 0 Å². The maximum absolute atomic E-state index is 13.0. The zero-order chi connectivity index (χ0) is 52.0. The van der Waals surface area contributed by atoms with Crippen LogP contribution in [0.5, 0.6) is 0 Å². The highest BCUT2D eigenvalue weighted by Crippen LogP contribution is 2.29. The second kappa shape index (κ2) is 55.5. The van der Waals surface area contributed by atoms with E-state index < -0.39 is 12.1 Å². The average molecular weight is 1010 g/mol. The lowest BCUT2D eigenvalue weighted by molar-refractivity contribution is -0.900. The number of aliphatic carboxylic acids is 1. The second-order valence-corrected chi connectivity index (χ2v) is 24.2. The number of carboxylic acids is 1. The lowest BCUT2D eigenvalue weighted by atomic mass is 9.95. The first-order valence-corrected chi connectivity index (χ1v) is 32.8. The Hall–Kier alpha value is -0.690. The summed E-state index contributed by atoms with van der Waals surface area (Å²) in [7, 11) is 5.96. The molecule has 426 valence electrons. The van der Waals surface area contributed by atoms with Gasteiger partial charge in [-0.1, -0.05) is 335 Å². The molecule has 0 amide bonds. The minimum absolute atomic E-state index is 0.00116. The molecule has 6 nitrogen and oxygen atoms in total. The quantitative estimate of drug-likeness (QED) is 0.0321. The second-order valence-electron chi connectivity index (χ2n) is 24.2. The normalized spacial score (nSPS) is 13.4. The van der Waals surface area contributed by atoms with Gasteiger partial charge in [0.05, 0.1) is 21.1 Å². The van der Waals surface area contributed by atoms with Gasteiger partial charge in [0.25, 0.3) is 0 Å². The van der Waals surface area contributed by atoms with E-state index in [1.807, 2.05) is 21.1 Å². The molecular weight excluding hydrogens is 873 g/mol. The van der Waals surface area contributed by atoms with Crippen LogP contribution < -0.4 is 0 Å². The Balaban J connectivity index is 4.24. The number of aliphatic hydroxyl groups is 2. The fourth-order valence-electron chi connectivity index (χ4n) is 11.8. The Morgan fingerprint density at radius 1 is 0.310 bits per heavy atom. The van der Waals surface area contributed by atoms with Crippen LogP contribution >= 0.6 is 0 Å². The summed E-state index contributed by atoms with van der Waals surface area (Å²) in [6.07, 6.45) is 71.5. The fourth-order valence-corrected chi connectivity index (χ4v) is 11.8. The van der Waals surface area contributed by atoms with Gasteiger partial charge in [-0.2, -0.15) is 0 Å². The highest BCUT2D eigenvalue weighted by Gasteiger charge is 2.44. The molecule has 3 N–H and O–H groups in total. The van der Waals surface area contributed by atoms with E-state index in [0.717, 1.165) is 25.7 Å². The number of rotatable bonds is 61. The van der Waals surface area contributed by atoms with Gasteiger partial charge in [-0.25, -0.2) is 9.69 Å². The monoisotopic (exact) mass is 1010 g/mol. The maximum atomic E-state index is 13.0. The van der Waals surface area contributed by atoms with E-state index in [0.29, 0.717) is 17.3 Å². The summed E-state index contributed by atoms with van der Waals surface area (Å²) in [6.45, 7) is 4.73. The van der Waals surface area contributed by atoms with Crippen LogP contribution in [0.3, 0.4) is 0 Å². The first kappa shape index (κ1) is 70.3. The molecule has 0 fully saturated rings. The zero-order valence-electron chi connectivity index (χ0n) is 49.5. The van der Waals surface area contributed by atoms with E-state index in [-0.39, 0.29) is 25.3 Å². The molecule has 3 unspecified atom stereocenters. The van der Waals surface area contributed by atoms with Crippen molar-refractivity contribution in [2.45, 2.75) is 379 Å². The number of likely N-dealkylation sites (N-methyl/N-ethyl adjacent to an activating group) is 1. The number of carboxylic acid groups (broad SMARTS) is 1. The summed E-state index contributed by atoms with van der Waals surface area (Å²) in [5.41, 5.74) is 0. The Labute approximate surface area is 446 Å². The van der Waals surface area contributed by atoms with Crippen LogP contribution in [-0.4, -0.2) is 83.3 Å². The molecular formula is C65H133N2O4+. The van der Waals surface area contributed by atoms with Gasteiger partial charge in [-0.15, -0.1) is 0 Å². The van der Waals surface area contributed by atoms with E-state index in [1.165, 1.54) is 308 Å². The molecule has 0 rings (SSSR count). The standard InChI is InChI=1S/C65H132N2O4/c1-6-8-10-12-14-16-18-20-22-24-26-28-30-32-34-36-38-40-42-44-46-48-50-52-54-56-62(58-60-68)66(64(65(70)71)67(3,4)5)63(59-61-69)57-55-53-51-49-47-45-43-41-39-37-35-33-31-29-27-25-23-21-19-17-15-13-11-9-7-2/h62-64,68-69H,6-61H2,1-5H3/p+1. The predicted octanol–water partition coefficient (Wildman–Crippen LogP) is 20.2. The van der Waals surface area contributed by atoms with Crippen molar-refractivity contribution in [2.24, 2.45) is 0 Å². The van der Waals surface area contributed by atoms with Gasteiger partial charge in [-0.05, 0) is 25.7 Å². The van der Waals surface area contributed by atoms with Gasteiger partial charge in [0, 0.05) is 25.3 Å². The lowest BCUT2D eigenvalue weighted by Crippen LogP contribution is -2.64. The minimum Gasteiger partial charge on any atom is -0.476 e. The van der Waals surface area contributed by atoms with Crippen LogP contribution in [0.25, 0.3) is 0 Å². The van der Waals surface area contributed by atoms with Crippen molar-refractivity contribution in [3.05, 3.63) is 0 Å². The molecule has 0 aliphatic carbocycles. The molecule has 0 aromatic rings. The molecule has 71 heavy (non-hydrogen) atoms. The summed E-state index contributed by atoms with van der Waals surface area (Å²) in [6, 6.07) is -0.00231. The van der Waals surface area contributed by atoms with E-state index >= 15 is 0 Å². The van der Waals surface area contributed by atoms with E-state index in [4.69, 9.17) is 0 Å². The molecule has 0 spiro atoms. The minimum atomic E-state index is -0.798. The maximum Gasteiger partial charge on any atom is 0.379 e. The number of unbranched alkanes of at least 4 members (excludes halogenated alkanes) is 48. The van der Waals surface area contributed by atoms with Gasteiger partial charge in [0.2, 0.25) is 6.17 Å². The molecule has 0 radical (unpaired) electrons. The highest BCUT2D eigenvalue weighted by atomic mass is 16.4. The van der Waals surface area contributed by atoms with Crippen molar-refractivity contribution in [3.63, 3.8) is 0 Å². The summed E-state index contributed by atoms with van der Waals surface area (Å²) < 4.78 is 0.304. The molecule has 0 saturated carbocycles. The number of aliphatic hydroxyl groups excluding tert-OH is 2. The van der Waals surface area contributed by atoms with Crippen molar-refractivity contribution in [3.8, 4) is 0 Å². The Bertz CT molecular complexity index is 969.